The molecule has 1 aliphatic heterocycles. The highest BCUT2D eigenvalue weighted by Gasteiger charge is 2.18. The van der Waals surface area contributed by atoms with E-state index in [1.54, 1.807) is 13.4 Å². The van der Waals surface area contributed by atoms with Crippen LogP contribution in [0.4, 0.5) is 0 Å². The van der Waals surface area contributed by atoms with Crippen LogP contribution >= 0.6 is 12.2 Å². The topological polar surface area (TPSA) is 38.5 Å². The number of piperazine rings is 1. The first kappa shape index (κ1) is 19.3. The zero-order chi connectivity index (χ0) is 19.3. The van der Waals surface area contributed by atoms with Crippen molar-refractivity contribution in [2.45, 2.75) is 19.8 Å². The van der Waals surface area contributed by atoms with Crippen LogP contribution in [0.3, 0.4) is 0 Å². The van der Waals surface area contributed by atoms with E-state index in [2.05, 4.69) is 57.4 Å². The lowest BCUT2D eigenvalue weighted by atomic mass is 10.0. The maximum Gasteiger partial charge on any atom is 0.198 e. The van der Waals surface area contributed by atoms with Crippen molar-refractivity contribution in [2.75, 3.05) is 39.9 Å². The summed E-state index contributed by atoms with van der Waals surface area (Å²) in [5, 5.41) is 7.13. The maximum atomic E-state index is 5.53. The van der Waals surface area contributed by atoms with Crippen molar-refractivity contribution in [3.8, 4) is 0 Å². The first-order valence-electron chi connectivity index (χ1n) is 9.77. The molecule has 0 spiro atoms. The van der Waals surface area contributed by atoms with Crippen LogP contribution < -0.4 is 0 Å². The molecule has 28 heavy (non-hydrogen) atoms. The molecule has 0 aliphatic carbocycles. The third kappa shape index (κ3) is 4.33. The normalized spacial score (nSPS) is 16.0. The van der Waals surface area contributed by atoms with Crippen LogP contribution in [-0.2, 0) is 24.5 Å². The Morgan fingerprint density at radius 3 is 2.57 bits per heavy atom. The molecular weight excluding hydrogens is 370 g/mol. The van der Waals surface area contributed by atoms with Crippen molar-refractivity contribution in [1.82, 2.24) is 24.1 Å². The van der Waals surface area contributed by atoms with Gasteiger partial charge in [-0.3, -0.25) is 9.80 Å². The summed E-state index contributed by atoms with van der Waals surface area (Å²) in [6.45, 7) is 7.30. The highest BCUT2D eigenvalue weighted by Crippen LogP contribution is 2.20. The van der Waals surface area contributed by atoms with Crippen molar-refractivity contribution in [2.24, 2.45) is 0 Å². The van der Waals surface area contributed by atoms with Gasteiger partial charge in [0.15, 0.2) is 4.77 Å². The molecule has 7 heteroatoms. The number of rotatable bonds is 7. The van der Waals surface area contributed by atoms with E-state index in [9.17, 15) is 0 Å². The molecule has 1 aromatic heterocycles. The number of hydrogen-bond acceptors (Lipinski definition) is 5. The molecule has 0 bridgehead atoms. The molecule has 2 heterocycles. The predicted octanol–water partition coefficient (Wildman–Crippen LogP) is 2.99. The number of fused-ring (bicyclic) bond motifs is 1. The monoisotopic (exact) mass is 397 g/mol. The van der Waals surface area contributed by atoms with Crippen molar-refractivity contribution in [3.05, 3.63) is 59.1 Å². The largest absolute Gasteiger partial charge is 0.383 e. The highest BCUT2D eigenvalue weighted by atomic mass is 32.1. The van der Waals surface area contributed by atoms with Gasteiger partial charge in [0.1, 0.15) is 6.33 Å². The fourth-order valence-corrected chi connectivity index (χ4v) is 4.00. The lowest BCUT2D eigenvalue weighted by molar-refractivity contribution is 0.0981. The predicted molar refractivity (Wildman–Crippen MR) is 114 cm³/mol. The average Bonchev–Trinajstić information content (AvgIpc) is 3.07. The number of ether oxygens (including phenoxy) is 1. The second kappa shape index (κ2) is 8.96. The van der Waals surface area contributed by atoms with E-state index < -0.39 is 0 Å². The van der Waals surface area contributed by atoms with Gasteiger partial charge in [-0.1, -0.05) is 42.5 Å². The number of nitrogens with zero attached hydrogens (tertiary/aromatic N) is 5. The molecule has 4 rings (SSSR count). The Morgan fingerprint density at radius 2 is 1.75 bits per heavy atom. The minimum atomic E-state index is 0.646. The minimum Gasteiger partial charge on any atom is -0.383 e. The summed E-state index contributed by atoms with van der Waals surface area (Å²) < 4.78 is 9.76. The van der Waals surface area contributed by atoms with E-state index in [4.69, 9.17) is 17.0 Å². The van der Waals surface area contributed by atoms with Crippen LogP contribution in [0.15, 0.2) is 48.8 Å². The Bertz CT molecular complexity index is 969. The molecule has 0 saturated carbocycles. The summed E-state index contributed by atoms with van der Waals surface area (Å²) in [6.07, 6.45) is 1.80. The SMILES string of the molecule is COCCn1cnn(CN2CCN(Cc3cccc4ccccc34)CC2)c1=S. The molecule has 2 aromatic carbocycles. The maximum absolute atomic E-state index is 5.53. The summed E-state index contributed by atoms with van der Waals surface area (Å²) in [5.74, 6) is 0. The summed E-state index contributed by atoms with van der Waals surface area (Å²) >= 11 is 5.53. The smallest absolute Gasteiger partial charge is 0.198 e. The first-order chi connectivity index (χ1) is 13.7. The van der Waals surface area contributed by atoms with Gasteiger partial charge in [-0.2, -0.15) is 5.10 Å². The van der Waals surface area contributed by atoms with Gasteiger partial charge in [0, 0.05) is 46.4 Å². The highest BCUT2D eigenvalue weighted by molar-refractivity contribution is 7.71. The number of hydrogen-bond donors (Lipinski definition) is 0. The van der Waals surface area contributed by atoms with Gasteiger partial charge in [0.2, 0.25) is 0 Å². The Labute approximate surface area is 170 Å². The molecule has 1 aliphatic rings. The van der Waals surface area contributed by atoms with Crippen LogP contribution in [0.2, 0.25) is 0 Å². The van der Waals surface area contributed by atoms with E-state index in [1.165, 1.54) is 16.3 Å². The Balaban J connectivity index is 1.34. The van der Waals surface area contributed by atoms with E-state index in [0.29, 0.717) is 6.61 Å². The van der Waals surface area contributed by atoms with Gasteiger partial charge in [0.25, 0.3) is 0 Å². The zero-order valence-electron chi connectivity index (χ0n) is 16.3. The first-order valence-corrected chi connectivity index (χ1v) is 10.2. The molecule has 3 aromatic rings. The van der Waals surface area contributed by atoms with E-state index in [-0.39, 0.29) is 0 Å². The molecule has 1 fully saturated rings. The Hall–Kier alpha value is -2.06. The molecule has 1 saturated heterocycles. The van der Waals surface area contributed by atoms with Gasteiger partial charge < -0.3 is 9.30 Å². The van der Waals surface area contributed by atoms with E-state index in [0.717, 1.165) is 50.7 Å². The second-order valence-electron chi connectivity index (χ2n) is 7.27. The summed E-state index contributed by atoms with van der Waals surface area (Å²) in [6, 6.07) is 15.2. The zero-order valence-corrected chi connectivity index (χ0v) is 17.1. The summed E-state index contributed by atoms with van der Waals surface area (Å²) in [4.78, 5) is 4.96. The molecule has 0 amide bonds. The number of benzene rings is 2. The molecule has 0 radical (unpaired) electrons. The lowest BCUT2D eigenvalue weighted by Gasteiger charge is -2.34. The third-order valence-electron chi connectivity index (χ3n) is 5.41. The fourth-order valence-electron chi connectivity index (χ4n) is 3.76. The van der Waals surface area contributed by atoms with Gasteiger partial charge in [-0.15, -0.1) is 0 Å². The standard InChI is InChI=1S/C21H27N5OS/c1-27-14-13-25-16-22-26(21(25)28)17-24-11-9-23(10-12-24)15-19-7-4-6-18-5-2-3-8-20(18)19/h2-8,16H,9-15,17H2,1H3. The van der Waals surface area contributed by atoms with Crippen molar-refractivity contribution in [3.63, 3.8) is 0 Å². The van der Waals surface area contributed by atoms with Gasteiger partial charge in [-0.25, -0.2) is 4.68 Å². The molecule has 148 valence electrons. The van der Waals surface area contributed by atoms with E-state index >= 15 is 0 Å². The summed E-state index contributed by atoms with van der Waals surface area (Å²) in [7, 11) is 1.70. The second-order valence-corrected chi connectivity index (χ2v) is 7.64. The van der Waals surface area contributed by atoms with Crippen LogP contribution in [0.5, 0.6) is 0 Å². The minimum absolute atomic E-state index is 0.646. The van der Waals surface area contributed by atoms with Crippen LogP contribution in [0.25, 0.3) is 10.8 Å². The molecule has 0 atom stereocenters. The molecule has 6 nitrogen and oxygen atoms in total. The van der Waals surface area contributed by atoms with Crippen molar-refractivity contribution in [1.29, 1.82) is 0 Å². The van der Waals surface area contributed by atoms with Crippen LogP contribution in [0.1, 0.15) is 5.56 Å². The summed E-state index contributed by atoms with van der Waals surface area (Å²) in [5.41, 5.74) is 1.41. The fraction of sp³-hybridized carbons (Fsp3) is 0.429. The van der Waals surface area contributed by atoms with Crippen molar-refractivity contribution >= 4 is 23.0 Å². The molecule has 0 N–H and O–H groups in total. The lowest BCUT2D eigenvalue weighted by Crippen LogP contribution is -2.46. The Morgan fingerprint density at radius 1 is 1.00 bits per heavy atom. The number of methoxy groups -OCH3 is 1. The van der Waals surface area contributed by atoms with Gasteiger partial charge in [0.05, 0.1) is 13.3 Å². The van der Waals surface area contributed by atoms with Gasteiger partial charge >= 0.3 is 0 Å². The van der Waals surface area contributed by atoms with E-state index in [1.807, 2.05) is 9.25 Å². The van der Waals surface area contributed by atoms with Crippen LogP contribution in [-0.4, -0.2) is 64.0 Å². The Kier molecular flexibility index (Phi) is 6.17. The molecular formula is C21H27N5OS. The van der Waals surface area contributed by atoms with Gasteiger partial charge in [-0.05, 0) is 28.6 Å². The molecule has 0 unspecified atom stereocenters. The van der Waals surface area contributed by atoms with Crippen molar-refractivity contribution < 1.29 is 4.74 Å². The third-order valence-corrected chi connectivity index (χ3v) is 5.85. The number of aromatic nitrogens is 3. The average molecular weight is 398 g/mol. The van der Waals surface area contributed by atoms with Crippen LogP contribution in [0, 0.1) is 4.77 Å². The quantitative estimate of drug-likeness (QED) is 0.573.